The Morgan fingerprint density at radius 2 is 1.26 bits per heavy atom. The lowest BCUT2D eigenvalue weighted by Crippen LogP contribution is -2.61. The Kier molecular flexibility index (Phi) is 6.52. The number of nitrogens with zero attached hydrogens (tertiary/aromatic N) is 2. The molecule has 0 amide bonds. The van der Waals surface area contributed by atoms with E-state index in [1.165, 1.54) is 85.4 Å². The van der Waals surface area contributed by atoms with Crippen LogP contribution < -0.4 is 26.4 Å². The highest BCUT2D eigenvalue weighted by molar-refractivity contribution is 7.00. The number of rotatable bonds is 2. The molecule has 250 valence electrons. The molecule has 0 fully saturated rings. The molecule has 0 radical (unpaired) electrons. The maximum atomic E-state index is 7.33. The smallest absolute Gasteiger partial charge is 0.297 e. The first-order valence-electron chi connectivity index (χ1n) is 18.4. The van der Waals surface area contributed by atoms with Gasteiger partial charge in [-0.1, -0.05) is 103 Å². The lowest BCUT2D eigenvalue weighted by Gasteiger charge is -2.43. The SMILES string of the molecule is Cc1cccc(C)c1N1c2ccc(C(C)(C)C)cc2B2c3oc4cc5c(cc4c3N(c3ccccc3)c3cccc1c32)C(C)(C)CCC5(C)C. The van der Waals surface area contributed by atoms with Crippen molar-refractivity contribution >= 4 is 68.4 Å². The normalized spacial score (nSPS) is 16.9. The Morgan fingerprint density at radius 1 is 0.640 bits per heavy atom. The minimum Gasteiger partial charge on any atom is -0.468 e. The summed E-state index contributed by atoms with van der Waals surface area (Å²) in [6.07, 6.45) is 2.34. The molecule has 0 saturated carbocycles. The van der Waals surface area contributed by atoms with E-state index in [4.69, 9.17) is 4.42 Å². The van der Waals surface area contributed by atoms with E-state index in [0.29, 0.717) is 0 Å². The number of aryl methyl sites for hydroxylation is 2. The molecule has 3 heterocycles. The molecule has 1 aliphatic carbocycles. The zero-order valence-corrected chi connectivity index (χ0v) is 31.0. The minimum absolute atomic E-state index is 0.00406. The van der Waals surface area contributed by atoms with Crippen molar-refractivity contribution in [2.24, 2.45) is 0 Å². The summed E-state index contributed by atoms with van der Waals surface area (Å²) in [5.41, 5.74) is 18.8. The molecule has 3 aliphatic rings. The summed E-state index contributed by atoms with van der Waals surface area (Å²) in [5.74, 6) is 0. The van der Waals surface area contributed by atoms with Gasteiger partial charge in [-0.15, -0.1) is 0 Å². The molecular weight excluding hydrogens is 607 g/mol. The van der Waals surface area contributed by atoms with Crippen LogP contribution in [0.4, 0.5) is 34.1 Å². The molecule has 0 unspecified atom stereocenters. The maximum Gasteiger partial charge on any atom is 0.297 e. The third-order valence-corrected chi connectivity index (χ3v) is 12.1. The van der Waals surface area contributed by atoms with Crippen LogP contribution in [0.15, 0.2) is 101 Å². The van der Waals surface area contributed by atoms with E-state index in [9.17, 15) is 0 Å². The third kappa shape index (κ3) is 4.36. The molecule has 0 atom stereocenters. The minimum atomic E-state index is -0.0560. The Labute approximate surface area is 298 Å². The number of hydrogen-bond donors (Lipinski definition) is 0. The number of para-hydroxylation sites is 2. The Morgan fingerprint density at radius 3 is 1.92 bits per heavy atom. The summed E-state index contributed by atoms with van der Waals surface area (Å²) in [7, 11) is 0. The Balaban J connectivity index is 1.42. The highest BCUT2D eigenvalue weighted by atomic mass is 16.3. The van der Waals surface area contributed by atoms with Gasteiger partial charge in [0.05, 0.1) is 17.0 Å². The molecule has 5 aromatic carbocycles. The molecule has 2 aliphatic heterocycles. The van der Waals surface area contributed by atoms with Crippen molar-refractivity contribution in [1.82, 2.24) is 0 Å². The molecule has 1 aromatic heterocycles. The standard InChI is InChI=1S/C46H47BN2O/c1-28-15-13-16-29(2)41(28)49-36-22-21-30(44(3,4)5)25-35(36)47-40-37(19-14-20-38(40)49)48(31-17-11-10-12-18-31)42-32-26-33-34(27-39(32)50-43(42)47)46(8,9)24-23-45(33,6)7/h10-22,25-27H,23-24H2,1-9H3. The number of anilines is 6. The van der Waals surface area contributed by atoms with Gasteiger partial charge in [0.2, 0.25) is 0 Å². The van der Waals surface area contributed by atoms with Crippen LogP contribution in [-0.4, -0.2) is 6.71 Å². The fourth-order valence-corrected chi connectivity index (χ4v) is 9.19. The quantitative estimate of drug-likeness (QED) is 0.173. The van der Waals surface area contributed by atoms with Crippen LogP contribution in [0.3, 0.4) is 0 Å². The number of benzene rings is 5. The lowest BCUT2D eigenvalue weighted by atomic mass is 9.35. The van der Waals surface area contributed by atoms with Gasteiger partial charge >= 0.3 is 0 Å². The fraction of sp³-hybridized carbons (Fsp3) is 0.304. The monoisotopic (exact) mass is 654 g/mol. The molecule has 0 spiro atoms. The Hall–Kier alpha value is -4.70. The molecule has 0 N–H and O–H groups in total. The second-order valence-electron chi connectivity index (χ2n) is 17.4. The van der Waals surface area contributed by atoms with Crippen LogP contribution in [0.25, 0.3) is 11.0 Å². The van der Waals surface area contributed by atoms with Crippen LogP contribution >= 0.6 is 0 Å². The van der Waals surface area contributed by atoms with Crippen LogP contribution in [-0.2, 0) is 16.2 Å². The second-order valence-corrected chi connectivity index (χ2v) is 17.4. The number of furan rings is 1. The molecule has 3 nitrogen and oxygen atoms in total. The first-order chi connectivity index (χ1) is 23.8. The van der Waals surface area contributed by atoms with Crippen LogP contribution in [0, 0.1) is 13.8 Å². The van der Waals surface area contributed by atoms with E-state index in [1.807, 2.05) is 0 Å². The summed E-state index contributed by atoms with van der Waals surface area (Å²) in [6.45, 7) is 21.0. The van der Waals surface area contributed by atoms with E-state index < -0.39 is 0 Å². The summed E-state index contributed by atoms with van der Waals surface area (Å²) < 4.78 is 7.33. The van der Waals surface area contributed by atoms with Gasteiger partial charge in [0.1, 0.15) is 5.58 Å². The molecule has 50 heavy (non-hydrogen) atoms. The van der Waals surface area contributed by atoms with Gasteiger partial charge in [0.25, 0.3) is 6.71 Å². The lowest BCUT2D eigenvalue weighted by molar-refractivity contribution is 0.332. The molecule has 0 saturated heterocycles. The van der Waals surface area contributed by atoms with Crippen molar-refractivity contribution in [1.29, 1.82) is 0 Å². The van der Waals surface area contributed by atoms with E-state index >= 15 is 0 Å². The van der Waals surface area contributed by atoms with Crippen molar-refractivity contribution in [3.05, 3.63) is 125 Å². The fourth-order valence-electron chi connectivity index (χ4n) is 9.19. The predicted molar refractivity (Wildman–Crippen MR) is 214 cm³/mol. The summed E-state index contributed by atoms with van der Waals surface area (Å²) >= 11 is 0. The molecule has 4 heteroatoms. The zero-order valence-electron chi connectivity index (χ0n) is 31.0. The highest BCUT2D eigenvalue weighted by Gasteiger charge is 2.48. The number of hydrogen-bond acceptors (Lipinski definition) is 3. The maximum absolute atomic E-state index is 7.33. The van der Waals surface area contributed by atoms with E-state index in [0.717, 1.165) is 16.9 Å². The molecule has 0 bridgehead atoms. The van der Waals surface area contributed by atoms with Crippen molar-refractivity contribution in [3.8, 4) is 0 Å². The van der Waals surface area contributed by atoms with Crippen molar-refractivity contribution in [2.75, 3.05) is 9.80 Å². The average Bonchev–Trinajstić information content (AvgIpc) is 3.45. The van der Waals surface area contributed by atoms with E-state index in [1.54, 1.807) is 0 Å². The largest absolute Gasteiger partial charge is 0.468 e. The van der Waals surface area contributed by atoms with Gasteiger partial charge < -0.3 is 14.2 Å². The van der Waals surface area contributed by atoms with Gasteiger partial charge in [-0.05, 0) is 124 Å². The first-order valence-corrected chi connectivity index (χ1v) is 18.4. The van der Waals surface area contributed by atoms with Crippen molar-refractivity contribution < 1.29 is 4.42 Å². The zero-order chi connectivity index (χ0) is 34.9. The highest BCUT2D eigenvalue weighted by Crippen LogP contribution is 2.51. The molecular formula is C46H47BN2O. The van der Waals surface area contributed by atoms with Crippen LogP contribution in [0.2, 0.25) is 0 Å². The van der Waals surface area contributed by atoms with Gasteiger partial charge in [0, 0.05) is 28.1 Å². The number of fused-ring (bicyclic) bond motifs is 7. The Bertz CT molecular complexity index is 2340. The predicted octanol–water partition coefficient (Wildman–Crippen LogP) is 10.8. The van der Waals surface area contributed by atoms with E-state index in [2.05, 4.69) is 169 Å². The molecule has 9 rings (SSSR count). The average molecular weight is 655 g/mol. The summed E-state index contributed by atoms with van der Waals surface area (Å²) in [4.78, 5) is 5.02. The van der Waals surface area contributed by atoms with Crippen molar-refractivity contribution in [2.45, 2.75) is 91.4 Å². The van der Waals surface area contributed by atoms with E-state index in [-0.39, 0.29) is 23.0 Å². The van der Waals surface area contributed by atoms with Gasteiger partial charge in [-0.2, -0.15) is 0 Å². The molecule has 6 aromatic rings. The summed E-state index contributed by atoms with van der Waals surface area (Å²) in [5, 5.41) is 1.20. The van der Waals surface area contributed by atoms with Crippen LogP contribution in [0.1, 0.15) is 89.1 Å². The van der Waals surface area contributed by atoms with Gasteiger partial charge in [-0.3, -0.25) is 0 Å². The second kappa shape index (κ2) is 10.4. The first kappa shape index (κ1) is 31.3. The topological polar surface area (TPSA) is 19.6 Å². The summed E-state index contributed by atoms with van der Waals surface area (Å²) in [6, 6.07) is 36.5. The van der Waals surface area contributed by atoms with Crippen LogP contribution in [0.5, 0.6) is 0 Å². The van der Waals surface area contributed by atoms with Gasteiger partial charge in [-0.25, -0.2) is 0 Å². The van der Waals surface area contributed by atoms with Gasteiger partial charge in [0.15, 0.2) is 0 Å². The van der Waals surface area contributed by atoms with Crippen molar-refractivity contribution in [3.63, 3.8) is 0 Å². The third-order valence-electron chi connectivity index (χ3n) is 12.1.